The zero-order chi connectivity index (χ0) is 15.7. The van der Waals surface area contributed by atoms with E-state index in [9.17, 15) is 9.59 Å². The van der Waals surface area contributed by atoms with Gasteiger partial charge in [0.25, 0.3) is 0 Å². The molecule has 112 valence electrons. The van der Waals surface area contributed by atoms with E-state index in [1.54, 1.807) is 12.1 Å². The Hall–Kier alpha value is -2.35. The second-order valence-electron chi connectivity index (χ2n) is 4.69. The number of benzene rings is 1. The molecule has 0 saturated carbocycles. The molecule has 0 atom stereocenters. The number of carbonyl (C=O) groups excluding carboxylic acids is 2. The molecule has 0 aliphatic carbocycles. The average Bonchev–Trinajstić information content (AvgIpc) is 2.49. The number of anilines is 1. The van der Waals surface area contributed by atoms with Gasteiger partial charge in [-0.3, -0.25) is 14.5 Å². The molecule has 0 bridgehead atoms. The Labute approximate surface area is 125 Å². The van der Waals surface area contributed by atoms with Crippen LogP contribution in [0.5, 0.6) is 0 Å². The van der Waals surface area contributed by atoms with Gasteiger partial charge in [-0.05, 0) is 25.5 Å². The van der Waals surface area contributed by atoms with Crippen LogP contribution >= 0.6 is 0 Å². The minimum Gasteiger partial charge on any atom is -0.466 e. The fourth-order valence-electron chi connectivity index (χ4n) is 1.75. The topological polar surface area (TPSA) is 70.4 Å². The van der Waals surface area contributed by atoms with Crippen molar-refractivity contribution in [3.05, 3.63) is 29.8 Å². The second-order valence-corrected chi connectivity index (χ2v) is 4.69. The van der Waals surface area contributed by atoms with Crippen molar-refractivity contribution in [1.29, 1.82) is 5.26 Å². The molecule has 1 amide bonds. The standard InChI is InChI=1S/C16H20N2O3/c1-3-12-21-16(20)9-8-15(19)18(11-10-17)14-6-4-13(2)5-7-14/h4-7H,3,8-9,11-12H2,1-2H3. The number of ether oxygens (including phenoxy) is 1. The van der Waals surface area contributed by atoms with Crippen molar-refractivity contribution in [3.8, 4) is 6.07 Å². The second kappa shape index (κ2) is 8.75. The molecular formula is C16H20N2O3. The number of amides is 1. The van der Waals surface area contributed by atoms with Crippen LogP contribution in [0.1, 0.15) is 31.7 Å². The molecule has 0 aliphatic rings. The first kappa shape index (κ1) is 16.7. The Morgan fingerprint density at radius 3 is 2.48 bits per heavy atom. The summed E-state index contributed by atoms with van der Waals surface area (Å²) in [4.78, 5) is 25.0. The molecule has 5 nitrogen and oxygen atoms in total. The van der Waals surface area contributed by atoms with Crippen molar-refractivity contribution in [3.63, 3.8) is 0 Å². The molecule has 21 heavy (non-hydrogen) atoms. The van der Waals surface area contributed by atoms with Crippen LogP contribution in [0.3, 0.4) is 0 Å². The van der Waals surface area contributed by atoms with Gasteiger partial charge in [-0.25, -0.2) is 0 Å². The summed E-state index contributed by atoms with van der Waals surface area (Å²) in [5.41, 5.74) is 1.74. The third kappa shape index (κ3) is 5.65. The highest BCUT2D eigenvalue weighted by Gasteiger charge is 2.17. The van der Waals surface area contributed by atoms with Crippen LogP contribution in [0.15, 0.2) is 24.3 Å². The van der Waals surface area contributed by atoms with Crippen molar-refractivity contribution < 1.29 is 14.3 Å². The summed E-state index contributed by atoms with van der Waals surface area (Å²) in [5.74, 6) is -0.639. The van der Waals surface area contributed by atoms with Crippen LogP contribution in [0.4, 0.5) is 5.69 Å². The minimum atomic E-state index is -0.383. The van der Waals surface area contributed by atoms with Gasteiger partial charge in [-0.1, -0.05) is 24.6 Å². The van der Waals surface area contributed by atoms with Gasteiger partial charge in [0.1, 0.15) is 6.54 Å². The molecule has 5 heteroatoms. The summed E-state index contributed by atoms with van der Waals surface area (Å²) in [6.07, 6.45) is 0.828. The van der Waals surface area contributed by atoms with Crippen LogP contribution in [-0.2, 0) is 14.3 Å². The number of nitriles is 1. The molecule has 1 rings (SSSR count). The highest BCUT2D eigenvalue weighted by Crippen LogP contribution is 2.16. The lowest BCUT2D eigenvalue weighted by atomic mass is 10.2. The first-order valence-corrected chi connectivity index (χ1v) is 6.98. The van der Waals surface area contributed by atoms with Crippen LogP contribution in [-0.4, -0.2) is 25.0 Å². The minimum absolute atomic E-state index is 0.0343. The highest BCUT2D eigenvalue weighted by atomic mass is 16.5. The van der Waals surface area contributed by atoms with E-state index in [-0.39, 0.29) is 31.3 Å². The van der Waals surface area contributed by atoms with Crippen molar-refractivity contribution in [1.82, 2.24) is 0 Å². The smallest absolute Gasteiger partial charge is 0.306 e. The number of esters is 1. The normalized spacial score (nSPS) is 9.76. The molecule has 0 aromatic heterocycles. The average molecular weight is 288 g/mol. The van der Waals surface area contributed by atoms with Crippen molar-refractivity contribution in [2.45, 2.75) is 33.1 Å². The zero-order valence-electron chi connectivity index (χ0n) is 12.5. The number of rotatable bonds is 7. The van der Waals surface area contributed by atoms with Gasteiger partial charge in [-0.2, -0.15) is 5.26 Å². The fourth-order valence-corrected chi connectivity index (χ4v) is 1.75. The summed E-state index contributed by atoms with van der Waals surface area (Å²) in [5, 5.41) is 8.86. The third-order valence-corrected chi connectivity index (χ3v) is 2.89. The molecule has 1 aromatic rings. The Bertz CT molecular complexity index is 517. The van der Waals surface area contributed by atoms with Gasteiger partial charge in [0.2, 0.25) is 5.91 Å². The van der Waals surface area contributed by atoms with Gasteiger partial charge in [-0.15, -0.1) is 0 Å². The van der Waals surface area contributed by atoms with E-state index in [1.807, 2.05) is 32.0 Å². The Balaban J connectivity index is 2.64. The van der Waals surface area contributed by atoms with Crippen molar-refractivity contribution in [2.24, 2.45) is 0 Å². The lowest BCUT2D eigenvalue weighted by molar-refractivity contribution is -0.144. The summed E-state index contributed by atoms with van der Waals surface area (Å²) in [7, 11) is 0. The number of aryl methyl sites for hydroxylation is 1. The summed E-state index contributed by atoms with van der Waals surface area (Å²) in [6.45, 7) is 4.19. The predicted molar refractivity (Wildman–Crippen MR) is 79.6 cm³/mol. The quantitative estimate of drug-likeness (QED) is 0.571. The molecular weight excluding hydrogens is 268 g/mol. The van der Waals surface area contributed by atoms with E-state index in [2.05, 4.69) is 0 Å². The van der Waals surface area contributed by atoms with Crippen molar-refractivity contribution >= 4 is 17.6 Å². The molecule has 0 saturated heterocycles. The molecule has 0 fully saturated rings. The fraction of sp³-hybridized carbons (Fsp3) is 0.438. The maximum Gasteiger partial charge on any atom is 0.306 e. The largest absolute Gasteiger partial charge is 0.466 e. The zero-order valence-corrected chi connectivity index (χ0v) is 12.5. The van der Waals surface area contributed by atoms with E-state index >= 15 is 0 Å². The Kier molecular flexibility index (Phi) is 6.96. The molecule has 0 N–H and O–H groups in total. The van der Waals surface area contributed by atoms with Gasteiger partial charge < -0.3 is 4.74 Å². The first-order valence-electron chi connectivity index (χ1n) is 6.98. The maximum atomic E-state index is 12.2. The third-order valence-electron chi connectivity index (χ3n) is 2.89. The Morgan fingerprint density at radius 1 is 1.24 bits per heavy atom. The summed E-state index contributed by atoms with van der Waals surface area (Å²) < 4.78 is 4.93. The summed E-state index contributed by atoms with van der Waals surface area (Å²) >= 11 is 0. The number of carbonyl (C=O) groups is 2. The van der Waals surface area contributed by atoms with E-state index in [0.717, 1.165) is 12.0 Å². The van der Waals surface area contributed by atoms with Gasteiger partial charge in [0.15, 0.2) is 0 Å². The van der Waals surface area contributed by atoms with E-state index in [4.69, 9.17) is 10.00 Å². The lowest BCUT2D eigenvalue weighted by Crippen LogP contribution is -2.31. The SMILES string of the molecule is CCCOC(=O)CCC(=O)N(CC#N)c1ccc(C)cc1. The number of hydrogen-bond acceptors (Lipinski definition) is 4. The molecule has 0 spiro atoms. The van der Waals surface area contributed by atoms with Gasteiger partial charge in [0.05, 0.1) is 19.1 Å². The van der Waals surface area contributed by atoms with E-state index < -0.39 is 0 Å². The van der Waals surface area contributed by atoms with Gasteiger partial charge >= 0.3 is 5.97 Å². The van der Waals surface area contributed by atoms with Crippen molar-refractivity contribution in [2.75, 3.05) is 18.1 Å². The van der Waals surface area contributed by atoms with E-state index in [0.29, 0.717) is 12.3 Å². The molecule has 1 aromatic carbocycles. The molecule has 0 radical (unpaired) electrons. The molecule has 0 unspecified atom stereocenters. The molecule has 0 aliphatic heterocycles. The van der Waals surface area contributed by atoms with Crippen LogP contribution in [0, 0.1) is 18.3 Å². The van der Waals surface area contributed by atoms with Gasteiger partial charge in [0, 0.05) is 12.1 Å². The number of hydrogen-bond donors (Lipinski definition) is 0. The first-order chi connectivity index (χ1) is 10.1. The van der Waals surface area contributed by atoms with Crippen LogP contribution in [0.25, 0.3) is 0 Å². The van der Waals surface area contributed by atoms with E-state index in [1.165, 1.54) is 4.90 Å². The summed E-state index contributed by atoms with van der Waals surface area (Å²) in [6, 6.07) is 9.31. The van der Waals surface area contributed by atoms with Crippen LogP contribution < -0.4 is 4.90 Å². The monoisotopic (exact) mass is 288 g/mol. The highest BCUT2D eigenvalue weighted by molar-refractivity contribution is 5.95. The molecule has 0 heterocycles. The van der Waals surface area contributed by atoms with Crippen LogP contribution in [0.2, 0.25) is 0 Å². The predicted octanol–water partition coefficient (Wildman–Crippen LogP) is 2.59. The maximum absolute atomic E-state index is 12.2. The number of nitrogens with zero attached hydrogens (tertiary/aromatic N) is 2. The Morgan fingerprint density at radius 2 is 1.90 bits per heavy atom. The lowest BCUT2D eigenvalue weighted by Gasteiger charge is -2.19.